The van der Waals surface area contributed by atoms with Gasteiger partial charge < -0.3 is 0 Å². The number of rotatable bonds is 4. The number of thiophene rings is 2. The summed E-state index contributed by atoms with van der Waals surface area (Å²) in [5, 5.41) is 4.03. The van der Waals surface area contributed by atoms with Gasteiger partial charge in [0.15, 0.2) is 0 Å². The molecule has 0 aliphatic rings. The maximum atomic E-state index is 11.7. The van der Waals surface area contributed by atoms with Gasteiger partial charge >= 0.3 is 0 Å². The van der Waals surface area contributed by atoms with Crippen molar-refractivity contribution in [3.05, 3.63) is 43.2 Å². The lowest BCUT2D eigenvalue weighted by Gasteiger charge is -1.96. The topological polar surface area (TPSA) is 17.1 Å². The monoisotopic (exact) mass is 300 g/mol. The molecule has 78 valence electrons. The molecule has 1 nitrogen and oxygen atoms in total. The Bertz CT molecular complexity index is 445. The fourth-order valence-electron chi connectivity index (χ4n) is 1.32. The summed E-state index contributed by atoms with van der Waals surface area (Å²) < 4.78 is 1.08. The molecule has 0 radical (unpaired) electrons. The van der Waals surface area contributed by atoms with E-state index in [1.807, 2.05) is 29.0 Å². The lowest BCUT2D eigenvalue weighted by Crippen LogP contribution is -2.04. The second-order valence-corrected chi connectivity index (χ2v) is 6.56. The second-order valence-electron chi connectivity index (χ2n) is 3.23. The molecule has 0 unspecified atom stereocenters. The Labute approximate surface area is 105 Å². The Hall–Kier alpha value is -0.450. The van der Waals surface area contributed by atoms with Crippen molar-refractivity contribution in [3.8, 4) is 0 Å². The molecule has 0 atom stereocenters. The van der Waals surface area contributed by atoms with Crippen molar-refractivity contribution < 1.29 is 4.79 Å². The third-order valence-electron chi connectivity index (χ3n) is 1.98. The van der Waals surface area contributed by atoms with Gasteiger partial charge in [0.1, 0.15) is 5.78 Å². The summed E-state index contributed by atoms with van der Waals surface area (Å²) in [6, 6.07) is 5.99. The predicted octanol–water partition coefficient (Wildman–Crippen LogP) is 3.93. The number of ketones is 1. The Balaban J connectivity index is 1.93. The van der Waals surface area contributed by atoms with Crippen LogP contribution in [0.3, 0.4) is 0 Å². The van der Waals surface area contributed by atoms with Crippen molar-refractivity contribution >= 4 is 44.4 Å². The number of Topliss-reactive ketones (excluding diaryl/α,β-unsaturated/α-hetero) is 1. The van der Waals surface area contributed by atoms with E-state index in [-0.39, 0.29) is 5.78 Å². The SMILES string of the molecule is O=C(Cc1ccsc1)Cc1ccc(Br)s1. The molecule has 0 bridgehead atoms. The molecule has 2 aromatic rings. The summed E-state index contributed by atoms with van der Waals surface area (Å²) in [6.07, 6.45) is 1.10. The summed E-state index contributed by atoms with van der Waals surface area (Å²) in [5.41, 5.74) is 1.13. The molecule has 2 rings (SSSR count). The first kappa shape index (κ1) is 11.0. The van der Waals surface area contributed by atoms with Crippen LogP contribution in [0.25, 0.3) is 0 Å². The summed E-state index contributed by atoms with van der Waals surface area (Å²) in [4.78, 5) is 12.8. The zero-order chi connectivity index (χ0) is 10.7. The fraction of sp³-hybridized carbons (Fsp3) is 0.182. The highest BCUT2D eigenvalue weighted by atomic mass is 79.9. The van der Waals surface area contributed by atoms with Crippen molar-refractivity contribution in [3.63, 3.8) is 0 Å². The molecule has 2 aromatic heterocycles. The molecule has 0 saturated carbocycles. The van der Waals surface area contributed by atoms with Crippen LogP contribution in [0, 0.1) is 0 Å². The number of carbonyl (C=O) groups excluding carboxylic acids is 1. The van der Waals surface area contributed by atoms with Crippen LogP contribution >= 0.6 is 38.6 Å². The van der Waals surface area contributed by atoms with Crippen molar-refractivity contribution in [1.82, 2.24) is 0 Å². The first-order valence-electron chi connectivity index (χ1n) is 4.51. The van der Waals surface area contributed by atoms with E-state index in [1.165, 1.54) is 0 Å². The van der Waals surface area contributed by atoms with E-state index in [1.54, 1.807) is 22.7 Å². The van der Waals surface area contributed by atoms with E-state index in [9.17, 15) is 4.79 Å². The van der Waals surface area contributed by atoms with E-state index in [0.717, 1.165) is 14.2 Å². The van der Waals surface area contributed by atoms with Crippen LogP contribution in [0.15, 0.2) is 32.7 Å². The Morgan fingerprint density at radius 1 is 1.27 bits per heavy atom. The second kappa shape index (κ2) is 5.05. The Morgan fingerprint density at radius 3 is 2.73 bits per heavy atom. The average molecular weight is 301 g/mol. The Morgan fingerprint density at radius 2 is 2.13 bits per heavy atom. The highest BCUT2D eigenvalue weighted by Crippen LogP contribution is 2.22. The van der Waals surface area contributed by atoms with Crippen molar-refractivity contribution in [2.75, 3.05) is 0 Å². The van der Waals surface area contributed by atoms with Gasteiger partial charge in [0, 0.05) is 17.7 Å². The third-order valence-corrected chi connectivity index (χ3v) is 4.34. The van der Waals surface area contributed by atoms with E-state index < -0.39 is 0 Å². The summed E-state index contributed by atoms with van der Waals surface area (Å²) in [5.74, 6) is 0.280. The van der Waals surface area contributed by atoms with Crippen molar-refractivity contribution in [2.24, 2.45) is 0 Å². The highest BCUT2D eigenvalue weighted by molar-refractivity contribution is 9.11. The van der Waals surface area contributed by atoms with Crippen molar-refractivity contribution in [1.29, 1.82) is 0 Å². The molecule has 0 aliphatic heterocycles. The molecular formula is C11H9BrOS2. The van der Waals surface area contributed by atoms with Gasteiger partial charge in [-0.25, -0.2) is 0 Å². The van der Waals surface area contributed by atoms with Gasteiger partial charge in [0.25, 0.3) is 0 Å². The number of hydrogen-bond acceptors (Lipinski definition) is 3. The standard InChI is InChI=1S/C11H9BrOS2/c12-11-2-1-10(15-11)6-9(13)5-8-3-4-14-7-8/h1-4,7H,5-6H2. The minimum atomic E-state index is 0.280. The smallest absolute Gasteiger partial charge is 0.142 e. The normalized spacial score (nSPS) is 10.5. The summed E-state index contributed by atoms with van der Waals surface area (Å²) in [7, 11) is 0. The van der Waals surface area contributed by atoms with Gasteiger partial charge in [0.2, 0.25) is 0 Å². The summed E-state index contributed by atoms with van der Waals surface area (Å²) >= 11 is 6.65. The molecule has 2 heterocycles. The fourth-order valence-corrected chi connectivity index (χ4v) is 3.50. The van der Waals surface area contributed by atoms with E-state index in [0.29, 0.717) is 12.8 Å². The van der Waals surface area contributed by atoms with Crippen LogP contribution in [0.1, 0.15) is 10.4 Å². The molecule has 0 fully saturated rings. The zero-order valence-electron chi connectivity index (χ0n) is 7.90. The lowest BCUT2D eigenvalue weighted by atomic mass is 10.1. The molecule has 0 aliphatic carbocycles. The molecule has 0 spiro atoms. The summed E-state index contributed by atoms with van der Waals surface area (Å²) in [6.45, 7) is 0. The van der Waals surface area contributed by atoms with Crippen LogP contribution < -0.4 is 0 Å². The van der Waals surface area contributed by atoms with E-state index >= 15 is 0 Å². The maximum Gasteiger partial charge on any atom is 0.142 e. The van der Waals surface area contributed by atoms with Gasteiger partial charge in [-0.2, -0.15) is 11.3 Å². The molecule has 0 saturated heterocycles. The van der Waals surface area contributed by atoms with Crippen LogP contribution in [0.4, 0.5) is 0 Å². The van der Waals surface area contributed by atoms with Crippen LogP contribution in [0.2, 0.25) is 0 Å². The minimum Gasteiger partial charge on any atom is -0.299 e. The number of carbonyl (C=O) groups is 1. The van der Waals surface area contributed by atoms with Crippen molar-refractivity contribution in [2.45, 2.75) is 12.8 Å². The molecular weight excluding hydrogens is 292 g/mol. The van der Waals surface area contributed by atoms with Gasteiger partial charge in [-0.1, -0.05) is 0 Å². The molecule has 15 heavy (non-hydrogen) atoms. The molecule has 0 N–H and O–H groups in total. The zero-order valence-corrected chi connectivity index (χ0v) is 11.1. The molecule has 0 amide bonds. The number of hydrogen-bond donors (Lipinski definition) is 0. The largest absolute Gasteiger partial charge is 0.299 e. The predicted molar refractivity (Wildman–Crippen MR) is 68.8 cm³/mol. The number of halogens is 1. The van der Waals surface area contributed by atoms with Crippen LogP contribution in [0.5, 0.6) is 0 Å². The van der Waals surface area contributed by atoms with Gasteiger partial charge in [-0.05, 0) is 50.5 Å². The maximum absolute atomic E-state index is 11.7. The Kier molecular flexibility index (Phi) is 3.72. The lowest BCUT2D eigenvalue weighted by molar-refractivity contribution is -0.117. The average Bonchev–Trinajstić information content (AvgIpc) is 2.77. The van der Waals surface area contributed by atoms with E-state index in [2.05, 4.69) is 15.9 Å². The molecule has 0 aromatic carbocycles. The van der Waals surface area contributed by atoms with Gasteiger partial charge in [-0.15, -0.1) is 11.3 Å². The first-order valence-corrected chi connectivity index (χ1v) is 7.06. The molecule has 4 heteroatoms. The van der Waals surface area contributed by atoms with Gasteiger partial charge in [0.05, 0.1) is 3.79 Å². The minimum absolute atomic E-state index is 0.280. The van der Waals surface area contributed by atoms with Crippen LogP contribution in [-0.2, 0) is 17.6 Å². The van der Waals surface area contributed by atoms with Gasteiger partial charge in [-0.3, -0.25) is 4.79 Å². The third kappa shape index (κ3) is 3.26. The highest BCUT2D eigenvalue weighted by Gasteiger charge is 2.07. The first-order chi connectivity index (χ1) is 7.24. The van der Waals surface area contributed by atoms with Crippen LogP contribution in [-0.4, -0.2) is 5.78 Å². The van der Waals surface area contributed by atoms with E-state index in [4.69, 9.17) is 0 Å². The quantitative estimate of drug-likeness (QED) is 0.836.